The molecule has 0 aliphatic carbocycles. The van der Waals surface area contributed by atoms with E-state index < -0.39 is 46.9 Å². The summed E-state index contributed by atoms with van der Waals surface area (Å²) in [5.74, 6) is -6.64. The van der Waals surface area contributed by atoms with Gasteiger partial charge in [-0.25, -0.2) is 17.6 Å². The lowest BCUT2D eigenvalue weighted by atomic mass is 10.1. The number of carbonyl (C=O) groups excluding carboxylic acids is 2. The first-order valence-corrected chi connectivity index (χ1v) is 7.66. The molecule has 2 rings (SSSR count). The fourth-order valence-corrected chi connectivity index (χ4v) is 2.06. The summed E-state index contributed by atoms with van der Waals surface area (Å²) in [6.07, 6.45) is -1.04. The van der Waals surface area contributed by atoms with Gasteiger partial charge in [-0.2, -0.15) is 0 Å². The standard InChI is InChI=1S/C18H15F4NO3/c1-10(18(25)23-14-8-7-13(20)16(21)17(14)22)26-15(24)9-4-11-2-5-12(19)6-3-11/h2-3,5-8,10H,4,9H2,1H3,(H,23,25)/t10-/m1/s1. The van der Waals surface area contributed by atoms with E-state index in [1.54, 1.807) is 0 Å². The van der Waals surface area contributed by atoms with Gasteiger partial charge in [0.25, 0.3) is 5.91 Å². The van der Waals surface area contributed by atoms with Gasteiger partial charge in [0.05, 0.1) is 5.69 Å². The maximum absolute atomic E-state index is 13.5. The van der Waals surface area contributed by atoms with Gasteiger partial charge in [0.1, 0.15) is 5.82 Å². The molecule has 2 aromatic carbocycles. The maximum atomic E-state index is 13.5. The van der Waals surface area contributed by atoms with Crippen LogP contribution in [0.15, 0.2) is 36.4 Å². The summed E-state index contributed by atoms with van der Waals surface area (Å²) >= 11 is 0. The molecule has 0 radical (unpaired) electrons. The summed E-state index contributed by atoms with van der Waals surface area (Å²) in [5, 5.41) is 2.02. The monoisotopic (exact) mass is 369 g/mol. The molecule has 0 saturated carbocycles. The third-order valence-electron chi connectivity index (χ3n) is 3.50. The van der Waals surface area contributed by atoms with Crippen LogP contribution in [0.25, 0.3) is 0 Å². The van der Waals surface area contributed by atoms with Gasteiger partial charge in [0.15, 0.2) is 23.6 Å². The predicted molar refractivity (Wildman–Crippen MR) is 85.2 cm³/mol. The first kappa shape index (κ1) is 19.4. The molecular weight excluding hydrogens is 354 g/mol. The van der Waals surface area contributed by atoms with Crippen molar-refractivity contribution in [3.8, 4) is 0 Å². The molecule has 0 heterocycles. The molecule has 0 aromatic heterocycles. The van der Waals surface area contributed by atoms with Crippen LogP contribution in [-0.4, -0.2) is 18.0 Å². The van der Waals surface area contributed by atoms with Gasteiger partial charge in [0.2, 0.25) is 0 Å². The Labute approximate surface area is 146 Å². The number of esters is 1. The topological polar surface area (TPSA) is 55.4 Å². The fourth-order valence-electron chi connectivity index (χ4n) is 2.06. The number of rotatable bonds is 6. The van der Waals surface area contributed by atoms with E-state index in [9.17, 15) is 27.2 Å². The van der Waals surface area contributed by atoms with Crippen LogP contribution in [-0.2, 0) is 20.7 Å². The minimum Gasteiger partial charge on any atom is -0.453 e. The number of halogens is 4. The number of carbonyl (C=O) groups is 2. The van der Waals surface area contributed by atoms with Crippen LogP contribution >= 0.6 is 0 Å². The Hall–Kier alpha value is -2.90. The Kier molecular flexibility index (Phi) is 6.32. The summed E-state index contributed by atoms with van der Waals surface area (Å²) in [6.45, 7) is 1.25. The lowest BCUT2D eigenvalue weighted by Crippen LogP contribution is -2.30. The highest BCUT2D eigenvalue weighted by atomic mass is 19.2. The van der Waals surface area contributed by atoms with E-state index in [1.807, 2.05) is 5.32 Å². The summed E-state index contributed by atoms with van der Waals surface area (Å²) in [4.78, 5) is 23.7. The SMILES string of the molecule is C[C@@H](OC(=O)CCc1ccc(F)cc1)C(=O)Nc1ccc(F)c(F)c1F. The predicted octanol–water partition coefficient (Wildman–Crippen LogP) is 3.75. The normalized spacial score (nSPS) is 11.7. The zero-order chi connectivity index (χ0) is 19.3. The quantitative estimate of drug-likeness (QED) is 0.479. The molecule has 26 heavy (non-hydrogen) atoms. The second-order valence-corrected chi connectivity index (χ2v) is 5.47. The largest absolute Gasteiger partial charge is 0.453 e. The van der Waals surface area contributed by atoms with Crippen LogP contribution in [0.2, 0.25) is 0 Å². The first-order valence-electron chi connectivity index (χ1n) is 7.66. The Morgan fingerprint density at radius 2 is 1.65 bits per heavy atom. The minimum atomic E-state index is -1.72. The zero-order valence-electron chi connectivity index (χ0n) is 13.7. The van der Waals surface area contributed by atoms with Gasteiger partial charge in [-0.3, -0.25) is 9.59 Å². The van der Waals surface area contributed by atoms with Crippen molar-refractivity contribution in [3.05, 3.63) is 65.2 Å². The molecule has 0 fully saturated rings. The van der Waals surface area contributed by atoms with Crippen molar-refractivity contribution in [2.24, 2.45) is 0 Å². The molecular formula is C18H15F4NO3. The molecule has 0 unspecified atom stereocenters. The van der Waals surface area contributed by atoms with E-state index in [4.69, 9.17) is 4.74 Å². The highest BCUT2D eigenvalue weighted by Gasteiger charge is 2.21. The van der Waals surface area contributed by atoms with E-state index in [-0.39, 0.29) is 12.8 Å². The average molecular weight is 369 g/mol. The van der Waals surface area contributed by atoms with Crippen molar-refractivity contribution in [1.82, 2.24) is 0 Å². The first-order chi connectivity index (χ1) is 12.3. The lowest BCUT2D eigenvalue weighted by molar-refractivity contribution is -0.153. The summed E-state index contributed by atoms with van der Waals surface area (Å²) in [7, 11) is 0. The fraction of sp³-hybridized carbons (Fsp3) is 0.222. The van der Waals surface area contributed by atoms with Crippen LogP contribution in [0.4, 0.5) is 23.2 Å². The van der Waals surface area contributed by atoms with Crippen LogP contribution in [0, 0.1) is 23.3 Å². The molecule has 1 N–H and O–H groups in total. The lowest BCUT2D eigenvalue weighted by Gasteiger charge is -2.14. The molecule has 4 nitrogen and oxygen atoms in total. The second-order valence-electron chi connectivity index (χ2n) is 5.47. The van der Waals surface area contributed by atoms with Gasteiger partial charge in [0, 0.05) is 6.42 Å². The Morgan fingerprint density at radius 1 is 1.00 bits per heavy atom. The summed E-state index contributed by atoms with van der Waals surface area (Å²) in [6, 6.07) is 7.07. The Morgan fingerprint density at radius 3 is 2.31 bits per heavy atom. The van der Waals surface area contributed by atoms with Gasteiger partial charge in [-0.1, -0.05) is 12.1 Å². The molecule has 2 aromatic rings. The van der Waals surface area contributed by atoms with Crippen molar-refractivity contribution in [2.45, 2.75) is 25.9 Å². The minimum absolute atomic E-state index is 0.0528. The summed E-state index contributed by atoms with van der Waals surface area (Å²) in [5.41, 5.74) is 0.146. The highest BCUT2D eigenvalue weighted by molar-refractivity contribution is 5.95. The van der Waals surface area contributed by atoms with Crippen molar-refractivity contribution < 1.29 is 31.9 Å². The van der Waals surface area contributed by atoms with Crippen molar-refractivity contribution in [2.75, 3.05) is 5.32 Å². The molecule has 1 amide bonds. The molecule has 0 aliphatic rings. The van der Waals surface area contributed by atoms with Crippen LogP contribution in [0.5, 0.6) is 0 Å². The molecule has 0 saturated heterocycles. The van der Waals surface area contributed by atoms with Crippen molar-refractivity contribution in [3.63, 3.8) is 0 Å². The number of benzene rings is 2. The molecule has 0 bridgehead atoms. The van der Waals surface area contributed by atoms with E-state index in [1.165, 1.54) is 31.2 Å². The van der Waals surface area contributed by atoms with Crippen molar-refractivity contribution >= 4 is 17.6 Å². The van der Waals surface area contributed by atoms with E-state index in [0.717, 1.165) is 6.07 Å². The highest BCUT2D eigenvalue weighted by Crippen LogP contribution is 2.20. The van der Waals surface area contributed by atoms with Crippen LogP contribution < -0.4 is 5.32 Å². The van der Waals surface area contributed by atoms with Gasteiger partial charge in [-0.05, 0) is 43.2 Å². The van der Waals surface area contributed by atoms with Gasteiger partial charge in [-0.15, -0.1) is 0 Å². The maximum Gasteiger partial charge on any atom is 0.306 e. The Balaban J connectivity index is 1.87. The third-order valence-corrected chi connectivity index (χ3v) is 3.50. The average Bonchev–Trinajstić information content (AvgIpc) is 2.61. The third kappa shape index (κ3) is 5.05. The Bertz CT molecular complexity index is 809. The van der Waals surface area contributed by atoms with Crippen LogP contribution in [0.1, 0.15) is 18.9 Å². The number of nitrogens with one attached hydrogen (secondary N) is 1. The van der Waals surface area contributed by atoms with E-state index in [2.05, 4.69) is 0 Å². The van der Waals surface area contributed by atoms with E-state index in [0.29, 0.717) is 11.6 Å². The number of hydrogen-bond acceptors (Lipinski definition) is 3. The molecule has 138 valence electrons. The second kappa shape index (κ2) is 8.46. The van der Waals surface area contributed by atoms with Crippen molar-refractivity contribution in [1.29, 1.82) is 0 Å². The number of amides is 1. The molecule has 0 aliphatic heterocycles. The number of ether oxygens (including phenoxy) is 1. The van der Waals surface area contributed by atoms with Crippen LogP contribution in [0.3, 0.4) is 0 Å². The van der Waals surface area contributed by atoms with Gasteiger partial charge < -0.3 is 10.1 Å². The summed E-state index contributed by atoms with van der Waals surface area (Å²) < 4.78 is 57.2. The smallest absolute Gasteiger partial charge is 0.306 e. The van der Waals surface area contributed by atoms with Gasteiger partial charge >= 0.3 is 5.97 Å². The number of anilines is 1. The van der Waals surface area contributed by atoms with E-state index >= 15 is 0 Å². The molecule has 1 atom stereocenters. The molecule has 8 heteroatoms. The number of hydrogen-bond donors (Lipinski definition) is 1. The molecule has 0 spiro atoms. The zero-order valence-corrected chi connectivity index (χ0v) is 13.7. The number of aryl methyl sites for hydroxylation is 1.